The molecule has 0 aliphatic carbocycles. The maximum absolute atomic E-state index is 11.7. The Kier molecular flexibility index (Phi) is 4.75. The number of ether oxygens (including phenoxy) is 1. The summed E-state index contributed by atoms with van der Waals surface area (Å²) in [4.78, 5) is 11.7. The summed E-state index contributed by atoms with van der Waals surface area (Å²) in [6, 6.07) is 4.11. The first-order chi connectivity index (χ1) is 8.69. The zero-order valence-electron chi connectivity index (χ0n) is 12.8. The number of hydrogen-bond donors (Lipinski definition) is 1. The van der Waals surface area contributed by atoms with Crippen molar-refractivity contribution in [2.45, 2.75) is 47.1 Å². The van der Waals surface area contributed by atoms with Crippen LogP contribution in [0.15, 0.2) is 12.1 Å². The monoisotopic (exact) mass is 263 g/mol. The predicted octanol–water partition coefficient (Wildman–Crippen LogP) is 3.20. The molecular formula is C16H25NO2. The Hall–Kier alpha value is -1.35. The molecule has 0 saturated carbocycles. The number of nitrogens with two attached hydrogens (primary N) is 1. The maximum atomic E-state index is 11.7. The number of benzene rings is 1. The van der Waals surface area contributed by atoms with Crippen LogP contribution in [-0.4, -0.2) is 13.1 Å². The average molecular weight is 263 g/mol. The molecule has 0 heterocycles. The first-order valence-corrected chi connectivity index (χ1v) is 6.61. The molecule has 1 rings (SSSR count). The molecule has 0 saturated heterocycles. The van der Waals surface area contributed by atoms with Gasteiger partial charge in [-0.05, 0) is 57.7 Å². The highest BCUT2D eigenvalue weighted by Gasteiger charge is 2.32. The minimum atomic E-state index is -0.571. The number of aryl methyl sites for hydroxylation is 3. The van der Waals surface area contributed by atoms with Gasteiger partial charge in [-0.3, -0.25) is 4.79 Å². The number of carbonyl (C=O) groups excluding carboxylic acids is 1. The molecule has 0 bridgehead atoms. The van der Waals surface area contributed by atoms with Crippen molar-refractivity contribution in [1.82, 2.24) is 0 Å². The Morgan fingerprint density at radius 1 is 1.26 bits per heavy atom. The summed E-state index contributed by atoms with van der Waals surface area (Å²) in [5.41, 5.74) is 10.5. The van der Waals surface area contributed by atoms with Gasteiger partial charge in [0, 0.05) is 6.04 Å². The molecule has 2 N–H and O–H groups in total. The quantitative estimate of drug-likeness (QED) is 0.849. The molecule has 106 valence electrons. The van der Waals surface area contributed by atoms with Crippen LogP contribution in [0.4, 0.5) is 0 Å². The van der Waals surface area contributed by atoms with Gasteiger partial charge in [-0.1, -0.05) is 17.7 Å². The normalized spacial score (nSPS) is 13.2. The van der Waals surface area contributed by atoms with E-state index in [4.69, 9.17) is 10.5 Å². The molecule has 0 spiro atoms. The molecule has 0 amide bonds. The summed E-state index contributed by atoms with van der Waals surface area (Å²) in [6.45, 7) is 9.96. The van der Waals surface area contributed by atoms with Crippen LogP contribution in [0.1, 0.15) is 48.6 Å². The van der Waals surface area contributed by atoms with Crippen LogP contribution in [0.5, 0.6) is 0 Å². The lowest BCUT2D eigenvalue weighted by molar-refractivity contribution is -0.151. The summed E-state index contributed by atoms with van der Waals surface area (Å²) >= 11 is 0. The second kappa shape index (κ2) is 5.74. The van der Waals surface area contributed by atoms with Crippen molar-refractivity contribution in [1.29, 1.82) is 0 Å². The molecule has 3 heteroatoms. The number of hydrogen-bond acceptors (Lipinski definition) is 3. The number of rotatable bonds is 4. The molecular weight excluding hydrogens is 238 g/mol. The minimum absolute atomic E-state index is 0.158. The second-order valence-corrected chi connectivity index (χ2v) is 6.00. The van der Waals surface area contributed by atoms with Gasteiger partial charge in [0.25, 0.3) is 0 Å². The van der Waals surface area contributed by atoms with Gasteiger partial charge >= 0.3 is 5.97 Å². The van der Waals surface area contributed by atoms with E-state index in [1.165, 1.54) is 23.8 Å². The molecule has 0 aromatic heterocycles. The highest BCUT2D eigenvalue weighted by atomic mass is 16.5. The van der Waals surface area contributed by atoms with Gasteiger partial charge in [0.2, 0.25) is 0 Å². The predicted molar refractivity (Wildman–Crippen MR) is 78.0 cm³/mol. The molecule has 1 aromatic carbocycles. The molecule has 1 atom stereocenters. The fraction of sp³-hybridized carbons (Fsp3) is 0.562. The minimum Gasteiger partial charge on any atom is -0.469 e. The zero-order chi connectivity index (χ0) is 14.8. The summed E-state index contributed by atoms with van der Waals surface area (Å²) in [5, 5.41) is 0. The lowest BCUT2D eigenvalue weighted by atomic mass is 9.81. The van der Waals surface area contributed by atoms with Crippen molar-refractivity contribution in [2.24, 2.45) is 11.1 Å². The van der Waals surface area contributed by atoms with Gasteiger partial charge in [0.15, 0.2) is 0 Å². The van der Waals surface area contributed by atoms with Crippen LogP contribution in [0.25, 0.3) is 0 Å². The average Bonchev–Trinajstić information content (AvgIpc) is 2.25. The van der Waals surface area contributed by atoms with Crippen LogP contribution >= 0.6 is 0 Å². The largest absolute Gasteiger partial charge is 0.469 e. The van der Waals surface area contributed by atoms with Gasteiger partial charge < -0.3 is 10.5 Å². The molecule has 19 heavy (non-hydrogen) atoms. The van der Waals surface area contributed by atoms with E-state index in [1.54, 1.807) is 0 Å². The van der Waals surface area contributed by atoms with Crippen LogP contribution in [0.3, 0.4) is 0 Å². The third-order valence-corrected chi connectivity index (χ3v) is 3.58. The molecule has 1 unspecified atom stereocenters. The Labute approximate surface area is 116 Å². The van der Waals surface area contributed by atoms with Crippen molar-refractivity contribution < 1.29 is 9.53 Å². The second-order valence-electron chi connectivity index (χ2n) is 6.00. The lowest BCUT2D eigenvalue weighted by Crippen LogP contribution is -2.30. The first-order valence-electron chi connectivity index (χ1n) is 6.61. The van der Waals surface area contributed by atoms with E-state index in [9.17, 15) is 4.79 Å². The SMILES string of the molecule is COC(=O)C(C)(C)CC(N)c1c(C)cc(C)cc1C. The van der Waals surface area contributed by atoms with E-state index in [1.807, 2.05) is 13.8 Å². The first kappa shape index (κ1) is 15.7. The third kappa shape index (κ3) is 3.57. The molecule has 3 nitrogen and oxygen atoms in total. The van der Waals surface area contributed by atoms with Crippen LogP contribution in [-0.2, 0) is 9.53 Å². The van der Waals surface area contributed by atoms with Crippen LogP contribution < -0.4 is 5.73 Å². The zero-order valence-corrected chi connectivity index (χ0v) is 12.8. The van der Waals surface area contributed by atoms with Gasteiger partial charge in [-0.15, -0.1) is 0 Å². The molecule has 0 fully saturated rings. The maximum Gasteiger partial charge on any atom is 0.311 e. The number of carbonyl (C=O) groups is 1. The Morgan fingerprint density at radius 2 is 1.74 bits per heavy atom. The van der Waals surface area contributed by atoms with Gasteiger partial charge in [0.05, 0.1) is 12.5 Å². The highest BCUT2D eigenvalue weighted by molar-refractivity contribution is 5.75. The third-order valence-electron chi connectivity index (χ3n) is 3.58. The van der Waals surface area contributed by atoms with Gasteiger partial charge in [0.1, 0.15) is 0 Å². The molecule has 0 aliphatic heterocycles. The summed E-state index contributed by atoms with van der Waals surface area (Å²) in [6.07, 6.45) is 0.574. The van der Waals surface area contributed by atoms with Crippen LogP contribution in [0, 0.1) is 26.2 Å². The van der Waals surface area contributed by atoms with Crippen molar-refractivity contribution in [3.05, 3.63) is 34.4 Å². The van der Waals surface area contributed by atoms with E-state index >= 15 is 0 Å². The smallest absolute Gasteiger partial charge is 0.311 e. The standard InChI is InChI=1S/C16H25NO2/c1-10-7-11(2)14(12(3)8-10)13(17)9-16(4,5)15(18)19-6/h7-8,13H,9,17H2,1-6H3. The van der Waals surface area contributed by atoms with E-state index in [0.717, 1.165) is 5.56 Å². The van der Waals surface area contributed by atoms with E-state index in [2.05, 4.69) is 32.9 Å². The van der Waals surface area contributed by atoms with E-state index < -0.39 is 5.41 Å². The number of esters is 1. The van der Waals surface area contributed by atoms with Gasteiger partial charge in [-0.2, -0.15) is 0 Å². The van der Waals surface area contributed by atoms with E-state index in [0.29, 0.717) is 6.42 Å². The van der Waals surface area contributed by atoms with Crippen molar-refractivity contribution in [2.75, 3.05) is 7.11 Å². The van der Waals surface area contributed by atoms with Crippen LogP contribution in [0.2, 0.25) is 0 Å². The molecule has 1 aromatic rings. The fourth-order valence-electron chi connectivity index (χ4n) is 2.79. The number of methoxy groups -OCH3 is 1. The van der Waals surface area contributed by atoms with Crippen molar-refractivity contribution >= 4 is 5.97 Å². The Balaban J connectivity index is 3.02. The topological polar surface area (TPSA) is 52.3 Å². The highest BCUT2D eigenvalue weighted by Crippen LogP contribution is 2.32. The van der Waals surface area contributed by atoms with Crippen molar-refractivity contribution in [3.8, 4) is 0 Å². The van der Waals surface area contributed by atoms with Crippen molar-refractivity contribution in [3.63, 3.8) is 0 Å². The molecule has 0 aliphatic rings. The Bertz CT molecular complexity index is 455. The molecule has 0 radical (unpaired) electrons. The van der Waals surface area contributed by atoms with E-state index in [-0.39, 0.29) is 12.0 Å². The summed E-state index contributed by atoms with van der Waals surface area (Å²) < 4.78 is 4.84. The Morgan fingerprint density at radius 3 is 2.16 bits per heavy atom. The van der Waals surface area contributed by atoms with Gasteiger partial charge in [-0.25, -0.2) is 0 Å². The summed E-state index contributed by atoms with van der Waals surface area (Å²) in [7, 11) is 1.41. The fourth-order valence-corrected chi connectivity index (χ4v) is 2.79. The summed E-state index contributed by atoms with van der Waals surface area (Å²) in [5.74, 6) is -0.217. The lowest BCUT2D eigenvalue weighted by Gasteiger charge is -2.27.